The highest BCUT2D eigenvalue weighted by atomic mass is 16.3. The molecule has 0 aliphatic heterocycles. The highest BCUT2D eigenvalue weighted by Gasteiger charge is 2.24. The third kappa shape index (κ3) is 12.8. The van der Waals surface area contributed by atoms with E-state index in [0.717, 1.165) is 83.3 Å². The molecule has 4 aromatic rings. The summed E-state index contributed by atoms with van der Waals surface area (Å²) < 4.78 is 0. The summed E-state index contributed by atoms with van der Waals surface area (Å²) in [5.41, 5.74) is 11.8. The molecule has 4 N–H and O–H groups in total. The largest absolute Gasteiger partial charge is 0.507 e. The number of phenols is 4. The first kappa shape index (κ1) is 48.7. The van der Waals surface area contributed by atoms with E-state index in [4.69, 9.17) is 0 Å². The lowest BCUT2D eigenvalue weighted by atomic mass is 9.84. The van der Waals surface area contributed by atoms with Gasteiger partial charge in [-0.25, -0.2) is 0 Å². The van der Waals surface area contributed by atoms with Gasteiger partial charge in [0.05, 0.1) is 0 Å². The van der Waals surface area contributed by atoms with Crippen LogP contribution in [-0.4, -0.2) is 43.3 Å². The first-order chi connectivity index (χ1) is 27.6. The third-order valence-corrected chi connectivity index (χ3v) is 12.3. The average molecular weight is 821 g/mol. The van der Waals surface area contributed by atoms with E-state index < -0.39 is 0 Å². The van der Waals surface area contributed by atoms with Crippen molar-refractivity contribution in [3.05, 3.63) is 115 Å². The molecule has 6 heteroatoms. The predicted molar refractivity (Wildman–Crippen MR) is 253 cm³/mol. The molecule has 0 aliphatic rings. The molecule has 0 atom stereocenters. The van der Waals surface area contributed by atoms with Crippen molar-refractivity contribution in [2.75, 3.05) is 13.1 Å². The summed E-state index contributed by atoms with van der Waals surface area (Å²) in [4.78, 5) is 4.77. The molecule has 330 valence electrons. The number of phenolic OH excluding ortho intramolecular Hbond substituents is 4. The van der Waals surface area contributed by atoms with Crippen LogP contribution in [-0.2, 0) is 47.8 Å². The van der Waals surface area contributed by atoms with E-state index in [1.165, 1.54) is 22.3 Å². The zero-order chi connectivity index (χ0) is 45.1. The Labute approximate surface area is 364 Å². The van der Waals surface area contributed by atoms with Crippen molar-refractivity contribution in [3.63, 3.8) is 0 Å². The molecule has 60 heavy (non-hydrogen) atoms. The normalized spacial score (nSPS) is 12.9. The maximum Gasteiger partial charge on any atom is 0.122 e. The molecule has 0 aliphatic carbocycles. The van der Waals surface area contributed by atoms with Gasteiger partial charge in [-0.15, -0.1) is 0 Å². The number of nitrogens with zero attached hydrogens (tertiary/aromatic N) is 2. The van der Waals surface area contributed by atoms with Crippen LogP contribution in [0.1, 0.15) is 176 Å². The number of aromatic hydroxyl groups is 4. The molecule has 0 radical (unpaired) electrons. The molecular formula is C54H80N2O4. The predicted octanol–water partition coefficient (Wildman–Crippen LogP) is 13.2. The van der Waals surface area contributed by atoms with Gasteiger partial charge in [-0.05, 0) is 120 Å². The van der Waals surface area contributed by atoms with Gasteiger partial charge in [-0.2, -0.15) is 0 Å². The molecule has 6 nitrogen and oxygen atoms in total. The Hall–Kier alpha value is -4.00. The maximum absolute atomic E-state index is 11.3. The summed E-state index contributed by atoms with van der Waals surface area (Å²) in [6.07, 6.45) is 3.99. The lowest BCUT2D eigenvalue weighted by Gasteiger charge is -2.28. The second-order valence-electron chi connectivity index (χ2n) is 22.0. The smallest absolute Gasteiger partial charge is 0.122 e. The first-order valence-corrected chi connectivity index (χ1v) is 22.3. The van der Waals surface area contributed by atoms with Crippen LogP contribution in [0.3, 0.4) is 0 Å². The zero-order valence-corrected chi connectivity index (χ0v) is 40.4. The van der Waals surface area contributed by atoms with Crippen molar-refractivity contribution >= 4 is 0 Å². The summed E-state index contributed by atoms with van der Waals surface area (Å²) in [6, 6.07) is 17.0. The second kappa shape index (κ2) is 18.9. The fraction of sp³-hybridized carbons (Fsp3) is 0.556. The minimum absolute atomic E-state index is 0.0533. The summed E-state index contributed by atoms with van der Waals surface area (Å²) in [5, 5.41) is 45.3. The van der Waals surface area contributed by atoms with Gasteiger partial charge in [-0.3, -0.25) is 9.80 Å². The number of hydrogen-bond donors (Lipinski definition) is 4. The van der Waals surface area contributed by atoms with Gasteiger partial charge in [-0.1, -0.05) is 144 Å². The minimum atomic E-state index is -0.0533. The SMILES string of the molecule is Cc1cc(C(C)(C)C)cc(CN(CCCCCCN(Cc2cc(C(C)(C)C)cc(C)c2O)Cc2cc(C(C)(C)C)cc(C)c2O)Cc2cc(C(C)(C)C)cc(C)c2O)c1O. The van der Waals surface area contributed by atoms with E-state index in [9.17, 15) is 20.4 Å². The van der Waals surface area contributed by atoms with Gasteiger partial charge in [0.2, 0.25) is 0 Å². The van der Waals surface area contributed by atoms with Gasteiger partial charge < -0.3 is 20.4 Å². The minimum Gasteiger partial charge on any atom is -0.507 e. The Morgan fingerprint density at radius 1 is 0.333 bits per heavy atom. The fourth-order valence-corrected chi connectivity index (χ4v) is 8.04. The summed E-state index contributed by atoms with van der Waals surface area (Å²) in [5.74, 6) is 1.39. The molecule has 0 unspecified atom stereocenters. The van der Waals surface area contributed by atoms with E-state index in [0.29, 0.717) is 49.2 Å². The Balaban J connectivity index is 1.57. The van der Waals surface area contributed by atoms with E-state index in [1.807, 2.05) is 27.7 Å². The second-order valence-corrected chi connectivity index (χ2v) is 22.0. The van der Waals surface area contributed by atoms with Gasteiger partial charge in [0, 0.05) is 48.4 Å². The molecular weight excluding hydrogens is 741 g/mol. The van der Waals surface area contributed by atoms with Crippen LogP contribution >= 0.6 is 0 Å². The van der Waals surface area contributed by atoms with Crippen LogP contribution in [0.15, 0.2) is 48.5 Å². The molecule has 4 rings (SSSR count). The fourth-order valence-electron chi connectivity index (χ4n) is 8.04. The number of rotatable bonds is 15. The van der Waals surface area contributed by atoms with Crippen LogP contribution in [0.25, 0.3) is 0 Å². The first-order valence-electron chi connectivity index (χ1n) is 22.3. The lowest BCUT2D eigenvalue weighted by Crippen LogP contribution is -2.26. The van der Waals surface area contributed by atoms with Crippen LogP contribution in [0, 0.1) is 27.7 Å². The van der Waals surface area contributed by atoms with Gasteiger partial charge in [0.25, 0.3) is 0 Å². The number of hydrogen-bond acceptors (Lipinski definition) is 6. The monoisotopic (exact) mass is 821 g/mol. The maximum atomic E-state index is 11.3. The Kier molecular flexibility index (Phi) is 15.4. The summed E-state index contributed by atoms with van der Waals surface area (Å²) >= 11 is 0. The molecule has 4 aromatic carbocycles. The molecule has 0 spiro atoms. The zero-order valence-electron chi connectivity index (χ0n) is 40.4. The Bertz CT molecular complexity index is 1810. The van der Waals surface area contributed by atoms with Crippen molar-refractivity contribution in [2.45, 2.75) is 184 Å². The third-order valence-electron chi connectivity index (χ3n) is 12.3. The van der Waals surface area contributed by atoms with Crippen molar-refractivity contribution < 1.29 is 20.4 Å². The Morgan fingerprint density at radius 2 is 0.533 bits per heavy atom. The highest BCUT2D eigenvalue weighted by Crippen LogP contribution is 2.37. The number of aryl methyl sites for hydroxylation is 4. The van der Waals surface area contributed by atoms with Gasteiger partial charge in [0.15, 0.2) is 0 Å². The van der Waals surface area contributed by atoms with Crippen LogP contribution in [0.2, 0.25) is 0 Å². The molecule has 0 heterocycles. The molecule has 0 saturated heterocycles. The van der Waals surface area contributed by atoms with Crippen molar-refractivity contribution in [3.8, 4) is 23.0 Å². The van der Waals surface area contributed by atoms with Crippen molar-refractivity contribution in [1.29, 1.82) is 0 Å². The van der Waals surface area contributed by atoms with E-state index in [1.54, 1.807) is 0 Å². The van der Waals surface area contributed by atoms with Crippen molar-refractivity contribution in [1.82, 2.24) is 9.80 Å². The molecule has 0 amide bonds. The molecule has 0 bridgehead atoms. The highest BCUT2D eigenvalue weighted by molar-refractivity contribution is 5.48. The molecule has 0 saturated carbocycles. The lowest BCUT2D eigenvalue weighted by molar-refractivity contribution is 0.233. The average Bonchev–Trinajstić information content (AvgIpc) is 3.11. The standard InChI is InChI=1S/C54H80N2O4/c1-35-23-43(51(5,6)7)27-39(47(35)57)31-55(32-40-28-44(52(8,9)10)24-36(2)48(40)58)21-19-17-18-20-22-56(33-41-29-45(53(11,12)13)25-37(3)49(41)59)34-42-30-46(54(14,15)16)26-38(4)50(42)60/h23-30,57-60H,17-22,31-34H2,1-16H3. The van der Waals surface area contributed by atoms with Gasteiger partial charge in [0.1, 0.15) is 23.0 Å². The van der Waals surface area contributed by atoms with Crippen LogP contribution in [0.4, 0.5) is 0 Å². The Morgan fingerprint density at radius 3 is 0.717 bits per heavy atom. The van der Waals surface area contributed by atoms with E-state index in [2.05, 4.69) is 141 Å². The number of benzene rings is 4. The summed E-state index contributed by atoms with van der Waals surface area (Å²) in [7, 11) is 0. The van der Waals surface area contributed by atoms with Crippen LogP contribution < -0.4 is 0 Å². The van der Waals surface area contributed by atoms with Gasteiger partial charge >= 0.3 is 0 Å². The molecule has 0 aromatic heterocycles. The van der Waals surface area contributed by atoms with E-state index >= 15 is 0 Å². The summed E-state index contributed by atoms with van der Waals surface area (Å²) in [6.45, 7) is 38.4. The quantitative estimate of drug-likeness (QED) is 0.0894. The van der Waals surface area contributed by atoms with Crippen molar-refractivity contribution in [2.24, 2.45) is 0 Å². The van der Waals surface area contributed by atoms with E-state index in [-0.39, 0.29) is 21.7 Å². The number of unbranched alkanes of at least 4 members (excludes halogenated alkanes) is 3. The topological polar surface area (TPSA) is 87.4 Å². The van der Waals surface area contributed by atoms with Crippen LogP contribution in [0.5, 0.6) is 23.0 Å². The molecule has 0 fully saturated rings.